The number of fused-ring (bicyclic) bond motifs is 1. The first-order valence-corrected chi connectivity index (χ1v) is 14.5. The molecule has 1 heterocycles. The number of aromatic amines is 1. The monoisotopic (exact) mass is 606 g/mol. The van der Waals surface area contributed by atoms with Gasteiger partial charge in [-0.2, -0.15) is 0 Å². The van der Waals surface area contributed by atoms with Gasteiger partial charge in [-0.3, -0.25) is 19.4 Å². The van der Waals surface area contributed by atoms with E-state index in [0.29, 0.717) is 6.42 Å². The number of hydrogen-bond acceptors (Lipinski definition) is 6. The Balaban J connectivity index is 1.72. The smallest absolute Gasteiger partial charge is 0.326 e. The molecule has 44 heavy (non-hydrogen) atoms. The lowest BCUT2D eigenvalue weighted by Gasteiger charge is -2.27. The van der Waals surface area contributed by atoms with Gasteiger partial charge in [-0.1, -0.05) is 62.4 Å². The van der Waals surface area contributed by atoms with Gasteiger partial charge in [0.2, 0.25) is 17.7 Å². The lowest BCUT2D eigenvalue weighted by molar-refractivity contribution is -0.142. The van der Waals surface area contributed by atoms with Crippen molar-refractivity contribution in [3.8, 4) is 0 Å². The number of amides is 3. The van der Waals surface area contributed by atoms with E-state index in [2.05, 4.69) is 25.9 Å². The van der Waals surface area contributed by atoms with Crippen molar-refractivity contribution in [1.82, 2.24) is 20.9 Å². The molecule has 13 nitrogen and oxygen atoms in total. The standard InChI is InChI=1S/C31H42N8O5/c1-18(2)26(29(42)37-24(30(43)44)13-8-14-35-31(33)34)39-28(41)25(15-19-9-4-3-5-10-19)38-27(40)22(32)16-20-17-36-23-12-7-6-11-21(20)23/h3-7,9-12,17-18,22,24-26,36H,8,13-16,32H2,1-2H3,(H,37,42)(H,38,40)(H,39,41)(H,43,44)(H4,33,34,35). The van der Waals surface area contributed by atoms with Crippen molar-refractivity contribution in [2.45, 2.75) is 63.7 Å². The van der Waals surface area contributed by atoms with Crippen LogP contribution in [0.25, 0.3) is 10.9 Å². The van der Waals surface area contributed by atoms with Gasteiger partial charge in [0, 0.05) is 30.1 Å². The maximum absolute atomic E-state index is 13.6. The summed E-state index contributed by atoms with van der Waals surface area (Å²) in [7, 11) is 0. The lowest BCUT2D eigenvalue weighted by Crippen LogP contribution is -2.59. The number of guanidine groups is 1. The van der Waals surface area contributed by atoms with Gasteiger partial charge in [0.1, 0.15) is 18.1 Å². The molecule has 0 saturated heterocycles. The average molecular weight is 607 g/mol. The third-order valence-corrected chi connectivity index (χ3v) is 7.17. The number of para-hydroxylation sites is 1. The van der Waals surface area contributed by atoms with Crippen molar-refractivity contribution in [2.75, 3.05) is 6.54 Å². The van der Waals surface area contributed by atoms with Crippen molar-refractivity contribution in [3.63, 3.8) is 0 Å². The van der Waals surface area contributed by atoms with Crippen LogP contribution >= 0.6 is 0 Å². The summed E-state index contributed by atoms with van der Waals surface area (Å²) in [4.78, 5) is 58.9. The molecule has 236 valence electrons. The predicted molar refractivity (Wildman–Crippen MR) is 168 cm³/mol. The molecule has 0 fully saturated rings. The summed E-state index contributed by atoms with van der Waals surface area (Å²) in [5.74, 6) is -3.52. The van der Waals surface area contributed by atoms with Crippen LogP contribution in [0.4, 0.5) is 0 Å². The molecule has 2 aromatic carbocycles. The van der Waals surface area contributed by atoms with Crippen molar-refractivity contribution in [2.24, 2.45) is 28.1 Å². The number of carbonyl (C=O) groups excluding carboxylic acids is 3. The molecule has 0 aliphatic carbocycles. The van der Waals surface area contributed by atoms with Gasteiger partial charge in [0.15, 0.2) is 5.96 Å². The minimum atomic E-state index is -1.23. The summed E-state index contributed by atoms with van der Waals surface area (Å²) in [6, 6.07) is 12.5. The van der Waals surface area contributed by atoms with E-state index in [0.717, 1.165) is 22.0 Å². The quantitative estimate of drug-likeness (QED) is 0.0649. The maximum Gasteiger partial charge on any atom is 0.326 e. The van der Waals surface area contributed by atoms with E-state index in [9.17, 15) is 24.3 Å². The number of nitrogens with zero attached hydrogens (tertiary/aromatic N) is 1. The van der Waals surface area contributed by atoms with E-state index in [1.807, 2.05) is 60.8 Å². The van der Waals surface area contributed by atoms with Gasteiger partial charge in [-0.15, -0.1) is 0 Å². The second-order valence-electron chi connectivity index (χ2n) is 11.0. The SMILES string of the molecule is CC(C)C(NC(=O)C(Cc1ccccc1)NC(=O)C(N)Cc1c[nH]c2ccccc12)C(=O)NC(CCCN=C(N)N)C(=O)O. The van der Waals surface area contributed by atoms with Crippen molar-refractivity contribution in [3.05, 3.63) is 71.9 Å². The number of carboxylic acid groups (broad SMARTS) is 1. The third kappa shape index (κ3) is 9.83. The molecular formula is C31H42N8O5. The number of carbonyl (C=O) groups is 4. The molecule has 3 amide bonds. The number of nitrogens with two attached hydrogens (primary N) is 3. The van der Waals surface area contributed by atoms with Crippen LogP contribution in [0.2, 0.25) is 0 Å². The molecule has 0 saturated carbocycles. The van der Waals surface area contributed by atoms with Crippen LogP contribution in [0, 0.1) is 5.92 Å². The maximum atomic E-state index is 13.6. The van der Waals surface area contributed by atoms with E-state index in [1.165, 1.54) is 0 Å². The summed E-state index contributed by atoms with van der Waals surface area (Å²) in [5, 5.41) is 18.6. The molecule has 11 N–H and O–H groups in total. The number of aromatic nitrogens is 1. The van der Waals surface area contributed by atoms with Crippen molar-refractivity contribution >= 4 is 40.6 Å². The van der Waals surface area contributed by atoms with Crippen LogP contribution in [0.3, 0.4) is 0 Å². The highest BCUT2D eigenvalue weighted by Crippen LogP contribution is 2.19. The Morgan fingerprint density at radius 2 is 1.52 bits per heavy atom. The van der Waals surface area contributed by atoms with Gasteiger partial charge in [0.05, 0.1) is 6.04 Å². The summed E-state index contributed by atoms with van der Waals surface area (Å²) < 4.78 is 0. The Hall–Kier alpha value is -4.91. The average Bonchev–Trinajstić information content (AvgIpc) is 3.39. The molecule has 0 aliphatic rings. The highest BCUT2D eigenvalue weighted by atomic mass is 16.4. The second-order valence-corrected chi connectivity index (χ2v) is 11.0. The zero-order valence-electron chi connectivity index (χ0n) is 25.0. The number of H-pyrrole nitrogens is 1. The normalized spacial score (nSPS) is 13.8. The number of rotatable bonds is 16. The van der Waals surface area contributed by atoms with Crippen LogP contribution in [0.1, 0.15) is 37.8 Å². The van der Waals surface area contributed by atoms with Crippen LogP contribution in [-0.4, -0.2) is 70.5 Å². The molecule has 3 aromatic rings. The molecule has 3 rings (SSSR count). The Labute approximate surface area is 256 Å². The highest BCUT2D eigenvalue weighted by molar-refractivity contribution is 5.94. The highest BCUT2D eigenvalue weighted by Gasteiger charge is 2.32. The minimum absolute atomic E-state index is 0.0810. The first-order chi connectivity index (χ1) is 21.0. The fraction of sp³-hybridized carbons (Fsp3) is 0.387. The molecule has 0 bridgehead atoms. The van der Waals surface area contributed by atoms with E-state index in [1.54, 1.807) is 13.8 Å². The van der Waals surface area contributed by atoms with Gasteiger partial charge in [-0.05, 0) is 42.4 Å². The van der Waals surface area contributed by atoms with E-state index in [-0.39, 0.29) is 31.8 Å². The van der Waals surface area contributed by atoms with Crippen LogP contribution < -0.4 is 33.2 Å². The second kappa shape index (κ2) is 16.1. The summed E-state index contributed by atoms with van der Waals surface area (Å²) in [5.41, 5.74) is 19.5. The molecule has 0 radical (unpaired) electrons. The largest absolute Gasteiger partial charge is 0.480 e. The van der Waals surface area contributed by atoms with E-state index >= 15 is 0 Å². The topological polar surface area (TPSA) is 231 Å². The first-order valence-electron chi connectivity index (χ1n) is 14.5. The Morgan fingerprint density at radius 1 is 0.864 bits per heavy atom. The number of nitrogens with one attached hydrogen (secondary N) is 4. The predicted octanol–water partition coefficient (Wildman–Crippen LogP) is 0.529. The van der Waals surface area contributed by atoms with Gasteiger partial charge >= 0.3 is 5.97 Å². The van der Waals surface area contributed by atoms with E-state index in [4.69, 9.17) is 17.2 Å². The molecule has 4 unspecified atom stereocenters. The van der Waals surface area contributed by atoms with Crippen LogP contribution in [0.15, 0.2) is 65.8 Å². The fourth-order valence-corrected chi connectivity index (χ4v) is 4.78. The molecule has 4 atom stereocenters. The van der Waals surface area contributed by atoms with Crippen LogP contribution in [-0.2, 0) is 32.0 Å². The Morgan fingerprint density at radius 3 is 2.18 bits per heavy atom. The molecule has 1 aromatic heterocycles. The summed E-state index contributed by atoms with van der Waals surface area (Å²) in [6.45, 7) is 3.65. The summed E-state index contributed by atoms with van der Waals surface area (Å²) >= 11 is 0. The molecule has 13 heteroatoms. The van der Waals surface area contributed by atoms with Gasteiger partial charge in [-0.25, -0.2) is 4.79 Å². The van der Waals surface area contributed by atoms with Crippen LogP contribution in [0.5, 0.6) is 0 Å². The molecule has 0 aliphatic heterocycles. The molecule has 0 spiro atoms. The number of aliphatic imine (C=N–C) groups is 1. The Bertz CT molecular complexity index is 1450. The Kier molecular flexibility index (Phi) is 12.3. The van der Waals surface area contributed by atoms with Crippen molar-refractivity contribution < 1.29 is 24.3 Å². The first kappa shape index (κ1) is 33.6. The van der Waals surface area contributed by atoms with Gasteiger partial charge < -0.3 is 43.2 Å². The fourth-order valence-electron chi connectivity index (χ4n) is 4.78. The number of benzene rings is 2. The summed E-state index contributed by atoms with van der Waals surface area (Å²) in [6.07, 6.45) is 2.60. The van der Waals surface area contributed by atoms with Crippen molar-refractivity contribution in [1.29, 1.82) is 0 Å². The zero-order valence-corrected chi connectivity index (χ0v) is 25.0. The third-order valence-electron chi connectivity index (χ3n) is 7.17. The van der Waals surface area contributed by atoms with E-state index < -0.39 is 53.8 Å². The number of hydrogen-bond donors (Lipinski definition) is 8. The van der Waals surface area contributed by atoms with Gasteiger partial charge in [0.25, 0.3) is 0 Å². The molecular weight excluding hydrogens is 564 g/mol. The number of carboxylic acids is 1. The number of aliphatic carboxylic acids is 1. The lowest BCUT2D eigenvalue weighted by atomic mass is 9.99. The minimum Gasteiger partial charge on any atom is -0.480 e. The zero-order chi connectivity index (χ0) is 32.2.